The van der Waals surface area contributed by atoms with E-state index >= 15 is 0 Å². The number of likely N-dealkylation sites (tertiary alicyclic amines) is 1. The Labute approximate surface area is 129 Å². The van der Waals surface area contributed by atoms with Gasteiger partial charge < -0.3 is 15.0 Å². The van der Waals surface area contributed by atoms with Crippen molar-refractivity contribution < 1.29 is 14.3 Å². The lowest BCUT2D eigenvalue weighted by molar-refractivity contribution is -0.131. The smallest absolute Gasteiger partial charge is 0.228 e. The molecule has 2 saturated heterocycles. The highest BCUT2D eigenvalue weighted by molar-refractivity contribution is 5.78. The first-order chi connectivity index (χ1) is 10.5. The lowest BCUT2D eigenvalue weighted by atomic mass is 10.0. The van der Waals surface area contributed by atoms with Crippen molar-refractivity contribution in [3.63, 3.8) is 0 Å². The molecule has 0 radical (unpaired) electrons. The van der Waals surface area contributed by atoms with Crippen LogP contribution in [-0.4, -0.2) is 58.8 Å². The van der Waals surface area contributed by atoms with Gasteiger partial charge in [0.25, 0.3) is 0 Å². The number of hydrogen-bond donors (Lipinski definition) is 1. The molecular weight excluding hydrogens is 284 g/mol. The van der Waals surface area contributed by atoms with Crippen LogP contribution in [-0.2, 0) is 27.8 Å². The summed E-state index contributed by atoms with van der Waals surface area (Å²) in [5, 5.41) is 6.86. The van der Waals surface area contributed by atoms with Crippen LogP contribution in [0.1, 0.15) is 18.5 Å². The number of carbonyl (C=O) groups excluding carboxylic acids is 2. The van der Waals surface area contributed by atoms with Gasteiger partial charge in [-0.2, -0.15) is 5.10 Å². The van der Waals surface area contributed by atoms with Crippen molar-refractivity contribution in [2.45, 2.75) is 31.5 Å². The Morgan fingerprint density at radius 1 is 1.45 bits per heavy atom. The molecule has 3 atom stereocenters. The Bertz CT molecular complexity index is 557. The third-order valence-corrected chi connectivity index (χ3v) is 4.46. The summed E-state index contributed by atoms with van der Waals surface area (Å²) >= 11 is 0. The molecule has 3 rings (SSSR count). The molecule has 2 aliphatic heterocycles. The van der Waals surface area contributed by atoms with Gasteiger partial charge in [0.1, 0.15) is 0 Å². The quantitative estimate of drug-likeness (QED) is 0.830. The van der Waals surface area contributed by atoms with Crippen LogP contribution >= 0.6 is 0 Å². The molecule has 7 nitrogen and oxygen atoms in total. The fourth-order valence-electron chi connectivity index (χ4n) is 3.33. The molecule has 0 bridgehead atoms. The predicted molar refractivity (Wildman–Crippen MR) is 78.9 cm³/mol. The van der Waals surface area contributed by atoms with Crippen molar-refractivity contribution >= 4 is 11.8 Å². The molecule has 1 aromatic rings. The van der Waals surface area contributed by atoms with Gasteiger partial charge in [-0.25, -0.2) is 0 Å². The fraction of sp³-hybridized carbons (Fsp3) is 0.667. The van der Waals surface area contributed by atoms with Gasteiger partial charge in [-0.05, 0) is 12.5 Å². The summed E-state index contributed by atoms with van der Waals surface area (Å²) in [4.78, 5) is 25.6. The van der Waals surface area contributed by atoms with E-state index in [-0.39, 0.29) is 24.0 Å². The van der Waals surface area contributed by atoms with Gasteiger partial charge in [0.2, 0.25) is 11.8 Å². The summed E-state index contributed by atoms with van der Waals surface area (Å²) in [6.45, 7) is 1.35. The Balaban J connectivity index is 1.50. The van der Waals surface area contributed by atoms with Crippen LogP contribution in [0.3, 0.4) is 0 Å². The zero-order valence-electron chi connectivity index (χ0n) is 13.0. The van der Waals surface area contributed by atoms with Crippen molar-refractivity contribution in [3.8, 4) is 0 Å². The number of nitrogens with zero attached hydrogens (tertiary/aromatic N) is 3. The Hall–Kier alpha value is -1.89. The summed E-state index contributed by atoms with van der Waals surface area (Å²) in [6, 6.07) is 1.87. The number of carbonyl (C=O) groups is 2. The van der Waals surface area contributed by atoms with Crippen molar-refractivity contribution in [2.24, 2.45) is 13.0 Å². The fourth-order valence-corrected chi connectivity index (χ4v) is 3.33. The number of amides is 2. The average Bonchev–Trinajstić information content (AvgIpc) is 3.13. The average molecular weight is 306 g/mol. The maximum Gasteiger partial charge on any atom is 0.228 e. The molecule has 0 spiro atoms. The van der Waals surface area contributed by atoms with Crippen LogP contribution in [0.25, 0.3) is 0 Å². The molecule has 0 aromatic carbocycles. The molecule has 0 saturated carbocycles. The van der Waals surface area contributed by atoms with Crippen LogP contribution in [0.15, 0.2) is 12.3 Å². The first-order valence-electron chi connectivity index (χ1n) is 7.67. The number of aromatic nitrogens is 2. The van der Waals surface area contributed by atoms with E-state index in [1.807, 2.05) is 24.2 Å². The van der Waals surface area contributed by atoms with Crippen LogP contribution < -0.4 is 5.32 Å². The summed E-state index contributed by atoms with van der Waals surface area (Å²) in [7, 11) is 3.48. The van der Waals surface area contributed by atoms with Gasteiger partial charge in [0.15, 0.2) is 0 Å². The van der Waals surface area contributed by atoms with Crippen LogP contribution in [0.4, 0.5) is 0 Å². The van der Waals surface area contributed by atoms with Gasteiger partial charge in [-0.15, -0.1) is 0 Å². The zero-order chi connectivity index (χ0) is 15.7. The SMILES string of the molecule is CNC(=O)C[C@@H]1C[C@H]2CN(C(=O)Cc3ccn(C)n3)C[C@H]2O1. The predicted octanol–water partition coefficient (Wildman–Crippen LogP) is -0.285. The lowest BCUT2D eigenvalue weighted by Crippen LogP contribution is -2.33. The molecule has 3 heterocycles. The van der Waals surface area contributed by atoms with Gasteiger partial charge in [0, 0.05) is 39.3 Å². The highest BCUT2D eigenvalue weighted by Crippen LogP contribution is 2.34. The largest absolute Gasteiger partial charge is 0.372 e. The van der Waals surface area contributed by atoms with E-state index in [0.29, 0.717) is 25.3 Å². The van der Waals surface area contributed by atoms with Gasteiger partial charge in [-0.1, -0.05) is 0 Å². The topological polar surface area (TPSA) is 76.5 Å². The molecular formula is C15H22N4O3. The highest BCUT2D eigenvalue weighted by atomic mass is 16.5. The minimum absolute atomic E-state index is 0.00746. The number of nitrogens with one attached hydrogen (secondary N) is 1. The van der Waals surface area contributed by atoms with E-state index in [0.717, 1.165) is 18.7 Å². The van der Waals surface area contributed by atoms with Crippen molar-refractivity contribution in [1.29, 1.82) is 0 Å². The number of rotatable bonds is 4. The third kappa shape index (κ3) is 3.14. The van der Waals surface area contributed by atoms with E-state index < -0.39 is 0 Å². The summed E-state index contributed by atoms with van der Waals surface area (Å²) < 4.78 is 7.62. The number of hydrogen-bond acceptors (Lipinski definition) is 4. The maximum absolute atomic E-state index is 12.3. The first kappa shape index (κ1) is 15.0. The van der Waals surface area contributed by atoms with E-state index in [1.54, 1.807) is 11.7 Å². The first-order valence-corrected chi connectivity index (χ1v) is 7.67. The minimum atomic E-state index is -0.0111. The highest BCUT2D eigenvalue weighted by Gasteiger charge is 2.43. The standard InChI is InChI=1S/C15H22N4O3/c1-16-14(20)7-12-5-10-8-19(9-13(10)22-12)15(21)6-11-3-4-18(2)17-11/h3-4,10,12-13H,5-9H2,1-2H3,(H,16,20)/t10-,12-,13+/m0/s1. The van der Waals surface area contributed by atoms with Crippen molar-refractivity contribution in [1.82, 2.24) is 20.0 Å². The molecule has 2 fully saturated rings. The lowest BCUT2D eigenvalue weighted by Gasteiger charge is -2.19. The number of fused-ring (bicyclic) bond motifs is 1. The Kier molecular flexibility index (Phi) is 4.15. The van der Waals surface area contributed by atoms with Crippen molar-refractivity contribution in [2.75, 3.05) is 20.1 Å². The molecule has 1 N–H and O–H groups in total. The minimum Gasteiger partial charge on any atom is -0.372 e. The molecule has 2 aliphatic rings. The van der Waals surface area contributed by atoms with Gasteiger partial charge in [-0.3, -0.25) is 14.3 Å². The van der Waals surface area contributed by atoms with E-state index in [1.165, 1.54) is 0 Å². The second kappa shape index (κ2) is 6.08. The molecule has 120 valence electrons. The molecule has 0 aliphatic carbocycles. The molecule has 22 heavy (non-hydrogen) atoms. The van der Waals surface area contributed by atoms with Gasteiger partial charge in [0.05, 0.1) is 30.7 Å². The van der Waals surface area contributed by atoms with E-state index in [4.69, 9.17) is 4.74 Å². The van der Waals surface area contributed by atoms with Crippen LogP contribution in [0.5, 0.6) is 0 Å². The molecule has 1 aromatic heterocycles. The zero-order valence-corrected chi connectivity index (χ0v) is 13.0. The second-order valence-corrected chi connectivity index (χ2v) is 6.13. The Morgan fingerprint density at radius 2 is 2.27 bits per heavy atom. The van der Waals surface area contributed by atoms with Crippen LogP contribution in [0.2, 0.25) is 0 Å². The number of ether oxygens (including phenoxy) is 1. The molecule has 7 heteroatoms. The third-order valence-electron chi connectivity index (χ3n) is 4.46. The van der Waals surface area contributed by atoms with Gasteiger partial charge >= 0.3 is 0 Å². The molecule has 0 unspecified atom stereocenters. The van der Waals surface area contributed by atoms with Crippen LogP contribution in [0, 0.1) is 5.92 Å². The Morgan fingerprint density at radius 3 is 2.91 bits per heavy atom. The van der Waals surface area contributed by atoms with E-state index in [9.17, 15) is 9.59 Å². The molecule has 2 amide bonds. The number of aryl methyl sites for hydroxylation is 1. The summed E-state index contributed by atoms with van der Waals surface area (Å²) in [5.74, 6) is 0.454. The maximum atomic E-state index is 12.3. The van der Waals surface area contributed by atoms with E-state index in [2.05, 4.69) is 10.4 Å². The van der Waals surface area contributed by atoms with Crippen molar-refractivity contribution in [3.05, 3.63) is 18.0 Å². The monoisotopic (exact) mass is 306 g/mol. The normalized spacial score (nSPS) is 27.0. The second-order valence-electron chi connectivity index (χ2n) is 6.13. The summed E-state index contributed by atoms with van der Waals surface area (Å²) in [6.07, 6.45) is 3.50. The summed E-state index contributed by atoms with van der Waals surface area (Å²) in [5.41, 5.74) is 0.794.